The molecule has 0 amide bonds. The van der Waals surface area contributed by atoms with Crippen molar-refractivity contribution < 1.29 is 9.15 Å². The highest BCUT2D eigenvalue weighted by Crippen LogP contribution is 2.27. The molecular weight excluding hydrogens is 465 g/mol. The van der Waals surface area contributed by atoms with E-state index in [1.807, 2.05) is 12.1 Å². The average Bonchev–Trinajstić information content (AvgIpc) is 3.41. The molecule has 2 aromatic rings. The van der Waals surface area contributed by atoms with Gasteiger partial charge in [-0.3, -0.25) is 4.99 Å². The topological polar surface area (TPSA) is 50.0 Å². The monoisotopic (exact) mass is 495 g/mol. The van der Waals surface area contributed by atoms with Gasteiger partial charge in [0, 0.05) is 51.2 Å². The number of nitrogens with zero attached hydrogens (tertiary/aromatic N) is 2. The van der Waals surface area contributed by atoms with Crippen molar-refractivity contribution in [3.05, 3.63) is 60.1 Å². The molecule has 2 aliphatic rings. The lowest BCUT2D eigenvalue weighted by molar-refractivity contribution is 0.0816. The van der Waals surface area contributed by atoms with Gasteiger partial charge >= 0.3 is 0 Å². The highest BCUT2D eigenvalue weighted by molar-refractivity contribution is 14.0. The summed E-state index contributed by atoms with van der Waals surface area (Å²) in [7, 11) is 0. The summed E-state index contributed by atoms with van der Waals surface area (Å²) in [6.07, 6.45) is 5.84. The lowest BCUT2D eigenvalue weighted by atomic mass is 9.99. The maximum atomic E-state index is 5.51. The van der Waals surface area contributed by atoms with Crippen LogP contribution in [-0.2, 0) is 11.2 Å². The number of ether oxygens (including phenoxy) is 1. The zero-order valence-electron chi connectivity index (χ0n) is 16.3. The number of benzene rings is 1. The minimum Gasteiger partial charge on any atom is -0.469 e. The molecule has 0 bridgehead atoms. The number of halogens is 1. The molecule has 152 valence electrons. The van der Waals surface area contributed by atoms with E-state index in [4.69, 9.17) is 14.1 Å². The minimum atomic E-state index is 0. The van der Waals surface area contributed by atoms with E-state index in [-0.39, 0.29) is 24.0 Å². The second-order valence-electron chi connectivity index (χ2n) is 7.41. The predicted molar refractivity (Wildman–Crippen MR) is 122 cm³/mol. The first-order valence-corrected chi connectivity index (χ1v) is 10.1. The van der Waals surface area contributed by atoms with Gasteiger partial charge in [0.2, 0.25) is 0 Å². The molecule has 0 saturated carbocycles. The molecule has 0 spiro atoms. The fourth-order valence-electron chi connectivity index (χ4n) is 3.94. The molecule has 0 radical (unpaired) electrons. The zero-order valence-corrected chi connectivity index (χ0v) is 18.6. The maximum absolute atomic E-state index is 5.51. The van der Waals surface area contributed by atoms with Crippen molar-refractivity contribution in [2.75, 3.05) is 32.8 Å². The van der Waals surface area contributed by atoms with Gasteiger partial charge in [0.15, 0.2) is 5.96 Å². The molecule has 4 rings (SSSR count). The third-order valence-corrected chi connectivity index (χ3v) is 5.51. The fraction of sp³-hybridized carbons (Fsp3) is 0.500. The summed E-state index contributed by atoms with van der Waals surface area (Å²) in [6.45, 7) is 4.49. The second-order valence-corrected chi connectivity index (χ2v) is 7.41. The van der Waals surface area contributed by atoms with Crippen molar-refractivity contribution in [1.82, 2.24) is 10.2 Å². The van der Waals surface area contributed by atoms with Gasteiger partial charge < -0.3 is 19.4 Å². The molecule has 0 aliphatic carbocycles. The molecule has 1 aromatic carbocycles. The molecule has 3 heterocycles. The van der Waals surface area contributed by atoms with Gasteiger partial charge in [-0.1, -0.05) is 30.3 Å². The largest absolute Gasteiger partial charge is 0.469 e. The first kappa shape index (κ1) is 21.2. The summed E-state index contributed by atoms with van der Waals surface area (Å²) in [6, 6.07) is 15.3. The maximum Gasteiger partial charge on any atom is 0.194 e. The quantitative estimate of drug-likeness (QED) is 0.387. The van der Waals surface area contributed by atoms with Crippen LogP contribution in [0.3, 0.4) is 0 Å². The van der Waals surface area contributed by atoms with Gasteiger partial charge in [-0.05, 0) is 37.0 Å². The highest BCUT2D eigenvalue weighted by atomic mass is 127. The van der Waals surface area contributed by atoms with Crippen molar-refractivity contribution >= 4 is 29.9 Å². The Morgan fingerprint density at radius 1 is 1.07 bits per heavy atom. The number of likely N-dealkylation sites (tertiary alicyclic amines) is 1. The van der Waals surface area contributed by atoms with Crippen LogP contribution in [0.5, 0.6) is 0 Å². The van der Waals surface area contributed by atoms with Crippen LogP contribution in [0.1, 0.15) is 36.5 Å². The van der Waals surface area contributed by atoms with Crippen molar-refractivity contribution in [2.45, 2.75) is 37.6 Å². The van der Waals surface area contributed by atoms with Crippen LogP contribution in [0.4, 0.5) is 0 Å². The van der Waals surface area contributed by atoms with Gasteiger partial charge in [-0.25, -0.2) is 0 Å². The number of guanidine groups is 1. The van der Waals surface area contributed by atoms with Crippen LogP contribution >= 0.6 is 24.0 Å². The highest BCUT2D eigenvalue weighted by Gasteiger charge is 2.27. The average molecular weight is 495 g/mol. The molecule has 2 aliphatic heterocycles. The molecule has 1 N–H and O–H groups in total. The van der Waals surface area contributed by atoms with Crippen molar-refractivity contribution in [3.8, 4) is 0 Å². The van der Waals surface area contributed by atoms with Crippen LogP contribution in [0.25, 0.3) is 0 Å². The van der Waals surface area contributed by atoms with Crippen LogP contribution in [0, 0.1) is 0 Å². The third kappa shape index (κ3) is 5.73. The van der Waals surface area contributed by atoms with Crippen LogP contribution in [0.15, 0.2) is 58.1 Å². The molecule has 2 saturated heterocycles. The van der Waals surface area contributed by atoms with Gasteiger partial charge in [0.1, 0.15) is 5.76 Å². The summed E-state index contributed by atoms with van der Waals surface area (Å²) in [5, 5.41) is 3.72. The molecule has 5 nitrogen and oxygen atoms in total. The number of nitrogens with one attached hydrogen (secondary N) is 1. The van der Waals surface area contributed by atoms with Crippen molar-refractivity contribution in [1.29, 1.82) is 0 Å². The van der Waals surface area contributed by atoms with Crippen LogP contribution in [-0.4, -0.2) is 49.7 Å². The fourth-order valence-corrected chi connectivity index (χ4v) is 3.94. The standard InChI is InChI=1S/C22H29N3O2.HI/c1-2-5-18(6-3-1)19-9-13-25(17-19)22(24-20-10-15-26-16-11-20)23-12-8-21-7-4-14-27-21;/h1-7,14,19-20H,8-13,15-17H2,(H,23,24);1H. The molecular formula is C22H30IN3O2. The van der Waals surface area contributed by atoms with E-state index in [0.29, 0.717) is 12.0 Å². The van der Waals surface area contributed by atoms with E-state index < -0.39 is 0 Å². The van der Waals surface area contributed by atoms with Gasteiger partial charge in [0.05, 0.1) is 6.26 Å². The Bertz CT molecular complexity index is 715. The molecule has 1 unspecified atom stereocenters. The lowest BCUT2D eigenvalue weighted by Gasteiger charge is -2.29. The van der Waals surface area contributed by atoms with Crippen molar-refractivity contribution in [2.24, 2.45) is 4.99 Å². The lowest BCUT2D eigenvalue weighted by Crippen LogP contribution is -2.47. The number of aliphatic imine (C=N–C) groups is 1. The summed E-state index contributed by atoms with van der Waals surface area (Å²) < 4.78 is 11.0. The summed E-state index contributed by atoms with van der Waals surface area (Å²) in [5.41, 5.74) is 1.43. The van der Waals surface area contributed by atoms with Crippen LogP contribution in [0.2, 0.25) is 0 Å². The molecule has 2 fully saturated rings. The third-order valence-electron chi connectivity index (χ3n) is 5.51. The minimum absolute atomic E-state index is 0. The molecule has 28 heavy (non-hydrogen) atoms. The first-order valence-electron chi connectivity index (χ1n) is 10.1. The van der Waals surface area contributed by atoms with Gasteiger partial charge in [0.25, 0.3) is 0 Å². The number of rotatable bonds is 5. The van der Waals surface area contributed by atoms with E-state index in [9.17, 15) is 0 Å². The Morgan fingerprint density at radius 2 is 1.89 bits per heavy atom. The second kappa shape index (κ2) is 10.9. The Balaban J connectivity index is 0.00000225. The zero-order chi connectivity index (χ0) is 18.3. The van der Waals surface area contributed by atoms with Crippen LogP contribution < -0.4 is 5.32 Å². The summed E-state index contributed by atoms with van der Waals surface area (Å²) in [4.78, 5) is 7.36. The number of hydrogen-bond donors (Lipinski definition) is 1. The first-order chi connectivity index (χ1) is 13.4. The number of hydrogen-bond acceptors (Lipinski definition) is 3. The van der Waals surface area contributed by atoms with Crippen molar-refractivity contribution in [3.63, 3.8) is 0 Å². The van der Waals surface area contributed by atoms with Gasteiger partial charge in [-0.15, -0.1) is 24.0 Å². The summed E-state index contributed by atoms with van der Waals surface area (Å²) >= 11 is 0. The predicted octanol–water partition coefficient (Wildman–Crippen LogP) is 4.05. The Labute approximate surface area is 184 Å². The Morgan fingerprint density at radius 3 is 2.64 bits per heavy atom. The Hall–Kier alpha value is -1.54. The van der Waals surface area contributed by atoms with E-state index in [1.165, 1.54) is 12.0 Å². The smallest absolute Gasteiger partial charge is 0.194 e. The van der Waals surface area contributed by atoms with Gasteiger partial charge in [-0.2, -0.15) is 0 Å². The molecule has 6 heteroatoms. The molecule has 1 aromatic heterocycles. The summed E-state index contributed by atoms with van der Waals surface area (Å²) in [5.74, 6) is 2.62. The van der Waals surface area contributed by atoms with E-state index >= 15 is 0 Å². The SMILES string of the molecule is I.c1ccc(C2CCN(C(=NCCc3ccco3)NC3CCOCC3)C2)cc1. The van der Waals surface area contributed by atoms with E-state index in [0.717, 1.165) is 63.8 Å². The van der Waals surface area contributed by atoms with E-state index in [1.54, 1.807) is 6.26 Å². The Kier molecular flexibility index (Phi) is 8.21. The number of furan rings is 1. The molecule has 1 atom stereocenters. The van der Waals surface area contributed by atoms with E-state index in [2.05, 4.69) is 40.5 Å². The normalized spacial score (nSPS) is 20.8.